The van der Waals surface area contributed by atoms with E-state index >= 15 is 0 Å². The largest absolute Gasteiger partial charge is 0.348 e. The molecular formula is C17H20N2O. The van der Waals surface area contributed by atoms with Gasteiger partial charge in [-0.1, -0.05) is 25.5 Å². The van der Waals surface area contributed by atoms with Gasteiger partial charge < -0.3 is 5.32 Å². The van der Waals surface area contributed by atoms with E-state index in [2.05, 4.69) is 17.2 Å². The van der Waals surface area contributed by atoms with E-state index in [1.807, 2.05) is 36.4 Å². The van der Waals surface area contributed by atoms with Crippen molar-refractivity contribution in [1.29, 1.82) is 0 Å². The topological polar surface area (TPSA) is 42.0 Å². The predicted molar refractivity (Wildman–Crippen MR) is 80.5 cm³/mol. The number of rotatable bonds is 6. The van der Waals surface area contributed by atoms with Crippen LogP contribution in [0.15, 0.2) is 48.8 Å². The highest BCUT2D eigenvalue weighted by atomic mass is 16.1. The van der Waals surface area contributed by atoms with Crippen LogP contribution in [0, 0.1) is 0 Å². The highest BCUT2D eigenvalue weighted by Crippen LogP contribution is 2.08. The Morgan fingerprint density at radius 3 is 2.40 bits per heavy atom. The van der Waals surface area contributed by atoms with Crippen molar-refractivity contribution in [3.63, 3.8) is 0 Å². The van der Waals surface area contributed by atoms with Gasteiger partial charge >= 0.3 is 0 Å². The van der Waals surface area contributed by atoms with E-state index in [4.69, 9.17) is 0 Å². The first-order chi connectivity index (χ1) is 9.79. The molecule has 0 aliphatic heterocycles. The summed E-state index contributed by atoms with van der Waals surface area (Å²) in [6, 6.07) is 11.7. The Kier molecular flexibility index (Phi) is 5.30. The van der Waals surface area contributed by atoms with Gasteiger partial charge in [0.05, 0.1) is 0 Å². The second-order valence-corrected chi connectivity index (χ2v) is 4.84. The van der Waals surface area contributed by atoms with E-state index in [-0.39, 0.29) is 5.91 Å². The lowest BCUT2D eigenvalue weighted by atomic mass is 10.1. The summed E-state index contributed by atoms with van der Waals surface area (Å²) in [6.07, 6.45) is 6.91. The molecule has 2 aromatic rings. The van der Waals surface area contributed by atoms with Gasteiger partial charge in [0.25, 0.3) is 5.91 Å². The first-order valence-corrected chi connectivity index (χ1v) is 7.05. The van der Waals surface area contributed by atoms with Gasteiger partial charge in [0.1, 0.15) is 0 Å². The second-order valence-electron chi connectivity index (χ2n) is 4.84. The molecule has 1 N–H and O–H groups in total. The molecule has 104 valence electrons. The Bertz CT molecular complexity index is 535. The van der Waals surface area contributed by atoms with E-state index in [1.54, 1.807) is 12.4 Å². The fourth-order valence-electron chi connectivity index (χ4n) is 1.99. The molecular weight excluding hydrogens is 248 g/mol. The number of nitrogens with zero attached hydrogens (tertiary/aromatic N) is 1. The van der Waals surface area contributed by atoms with Crippen LogP contribution < -0.4 is 5.32 Å². The molecule has 0 fully saturated rings. The number of aryl methyl sites for hydroxylation is 1. The van der Waals surface area contributed by atoms with Crippen molar-refractivity contribution in [2.75, 3.05) is 0 Å². The van der Waals surface area contributed by atoms with E-state index in [1.165, 1.54) is 18.4 Å². The molecule has 0 saturated carbocycles. The van der Waals surface area contributed by atoms with E-state index in [0.717, 1.165) is 12.0 Å². The van der Waals surface area contributed by atoms with Crippen molar-refractivity contribution < 1.29 is 4.79 Å². The van der Waals surface area contributed by atoms with Crippen LogP contribution in [-0.2, 0) is 13.0 Å². The molecule has 0 spiro atoms. The van der Waals surface area contributed by atoms with Crippen LogP contribution in [0.25, 0.3) is 0 Å². The first-order valence-electron chi connectivity index (χ1n) is 7.05. The van der Waals surface area contributed by atoms with Crippen LogP contribution in [0.1, 0.15) is 41.3 Å². The van der Waals surface area contributed by atoms with Crippen molar-refractivity contribution in [3.8, 4) is 0 Å². The molecule has 3 heteroatoms. The van der Waals surface area contributed by atoms with Gasteiger partial charge in [0.2, 0.25) is 0 Å². The second kappa shape index (κ2) is 7.43. The maximum Gasteiger partial charge on any atom is 0.251 e. The fourth-order valence-corrected chi connectivity index (χ4v) is 1.99. The Balaban J connectivity index is 1.89. The van der Waals surface area contributed by atoms with Gasteiger partial charge in [0.15, 0.2) is 0 Å². The number of aromatic nitrogens is 1. The van der Waals surface area contributed by atoms with Crippen LogP contribution in [0.3, 0.4) is 0 Å². The lowest BCUT2D eigenvalue weighted by Gasteiger charge is -2.06. The molecule has 1 amide bonds. The molecule has 0 aliphatic carbocycles. The van der Waals surface area contributed by atoms with Gasteiger partial charge in [-0.2, -0.15) is 0 Å². The third-order valence-corrected chi connectivity index (χ3v) is 3.24. The summed E-state index contributed by atoms with van der Waals surface area (Å²) in [7, 11) is 0. The van der Waals surface area contributed by atoms with Crippen LogP contribution in [0.4, 0.5) is 0 Å². The number of benzene rings is 1. The highest BCUT2D eigenvalue weighted by molar-refractivity contribution is 5.94. The summed E-state index contributed by atoms with van der Waals surface area (Å²) in [5.74, 6) is -0.0381. The minimum Gasteiger partial charge on any atom is -0.348 e. The van der Waals surface area contributed by atoms with Crippen LogP contribution in [-0.4, -0.2) is 10.9 Å². The average molecular weight is 268 g/mol. The monoisotopic (exact) mass is 268 g/mol. The smallest absolute Gasteiger partial charge is 0.251 e. The number of carbonyl (C=O) groups excluding carboxylic acids is 1. The molecule has 0 atom stereocenters. The molecule has 0 radical (unpaired) electrons. The number of amides is 1. The predicted octanol–water partition coefficient (Wildman–Crippen LogP) is 3.35. The first kappa shape index (κ1) is 14.3. The zero-order valence-corrected chi connectivity index (χ0v) is 11.8. The number of unbranched alkanes of at least 4 members (excludes halogenated alkanes) is 1. The molecule has 0 aliphatic rings. The molecule has 3 nitrogen and oxygen atoms in total. The number of hydrogen-bond donors (Lipinski definition) is 1. The summed E-state index contributed by atoms with van der Waals surface area (Å²) < 4.78 is 0. The highest BCUT2D eigenvalue weighted by Gasteiger charge is 2.04. The van der Waals surface area contributed by atoms with Crippen molar-refractivity contribution in [1.82, 2.24) is 10.3 Å². The Morgan fingerprint density at radius 2 is 1.75 bits per heavy atom. The number of pyridine rings is 1. The molecule has 0 bridgehead atoms. The number of nitrogens with one attached hydrogen (secondary N) is 1. The van der Waals surface area contributed by atoms with Crippen molar-refractivity contribution in [2.45, 2.75) is 32.7 Å². The van der Waals surface area contributed by atoms with Crippen molar-refractivity contribution in [2.24, 2.45) is 0 Å². The number of hydrogen-bond acceptors (Lipinski definition) is 2. The third-order valence-electron chi connectivity index (χ3n) is 3.24. The van der Waals surface area contributed by atoms with E-state index in [0.29, 0.717) is 12.1 Å². The molecule has 2 rings (SSSR count). The minimum atomic E-state index is -0.0381. The zero-order chi connectivity index (χ0) is 14.2. The van der Waals surface area contributed by atoms with Gasteiger partial charge in [0, 0.05) is 24.5 Å². The maximum absolute atomic E-state index is 12.0. The zero-order valence-electron chi connectivity index (χ0n) is 11.8. The lowest BCUT2D eigenvalue weighted by molar-refractivity contribution is 0.0951. The van der Waals surface area contributed by atoms with E-state index in [9.17, 15) is 4.79 Å². The van der Waals surface area contributed by atoms with E-state index < -0.39 is 0 Å². The number of carbonyl (C=O) groups is 1. The van der Waals surface area contributed by atoms with Crippen LogP contribution in [0.2, 0.25) is 0 Å². The Labute approximate surface area is 120 Å². The summed E-state index contributed by atoms with van der Waals surface area (Å²) >= 11 is 0. The van der Waals surface area contributed by atoms with Crippen LogP contribution in [0.5, 0.6) is 0 Å². The molecule has 20 heavy (non-hydrogen) atoms. The van der Waals surface area contributed by atoms with Crippen LogP contribution >= 0.6 is 0 Å². The third kappa shape index (κ3) is 4.19. The summed E-state index contributed by atoms with van der Waals surface area (Å²) in [5.41, 5.74) is 3.05. The standard InChI is InChI=1S/C17H20N2O/c1-2-3-4-14-5-7-16(8-6-14)17(20)19-13-15-9-11-18-12-10-15/h5-12H,2-4,13H2,1H3,(H,19,20). The molecule has 0 saturated heterocycles. The quantitative estimate of drug-likeness (QED) is 0.873. The van der Waals surface area contributed by atoms with Gasteiger partial charge in [-0.25, -0.2) is 0 Å². The normalized spacial score (nSPS) is 10.2. The van der Waals surface area contributed by atoms with Gasteiger partial charge in [-0.3, -0.25) is 9.78 Å². The Morgan fingerprint density at radius 1 is 1.05 bits per heavy atom. The summed E-state index contributed by atoms with van der Waals surface area (Å²) in [5, 5.41) is 2.91. The van der Waals surface area contributed by atoms with Gasteiger partial charge in [-0.15, -0.1) is 0 Å². The summed E-state index contributed by atoms with van der Waals surface area (Å²) in [4.78, 5) is 16.0. The summed E-state index contributed by atoms with van der Waals surface area (Å²) in [6.45, 7) is 2.71. The molecule has 1 heterocycles. The molecule has 1 aromatic heterocycles. The average Bonchev–Trinajstić information content (AvgIpc) is 2.52. The minimum absolute atomic E-state index is 0.0381. The Hall–Kier alpha value is -2.16. The maximum atomic E-state index is 12.0. The SMILES string of the molecule is CCCCc1ccc(C(=O)NCc2ccncc2)cc1. The van der Waals surface area contributed by atoms with Gasteiger partial charge in [-0.05, 0) is 48.2 Å². The van der Waals surface area contributed by atoms with Crippen molar-refractivity contribution >= 4 is 5.91 Å². The fraction of sp³-hybridized carbons (Fsp3) is 0.294. The lowest BCUT2D eigenvalue weighted by Crippen LogP contribution is -2.22. The molecule has 0 unspecified atom stereocenters. The molecule has 1 aromatic carbocycles. The van der Waals surface area contributed by atoms with Crippen molar-refractivity contribution in [3.05, 3.63) is 65.5 Å².